The third kappa shape index (κ3) is 6.72. The van der Waals surface area contributed by atoms with Gasteiger partial charge in [-0.3, -0.25) is 5.32 Å². The Morgan fingerprint density at radius 3 is 1.78 bits per heavy atom. The summed E-state index contributed by atoms with van der Waals surface area (Å²) in [5.41, 5.74) is 1.98. The molecule has 2 saturated heterocycles. The molecule has 8 N–H and O–H groups in total. The zero-order valence-corrected chi connectivity index (χ0v) is 20.3. The molecule has 11 heteroatoms. The van der Waals surface area contributed by atoms with Crippen LogP contribution >= 0.6 is 0 Å². The minimum absolute atomic E-state index is 0.409. The van der Waals surface area contributed by atoms with Crippen LogP contribution in [0.2, 0.25) is 0 Å². The predicted molar refractivity (Wildman–Crippen MR) is 131 cm³/mol. The molecule has 0 spiro atoms. The van der Waals surface area contributed by atoms with Crippen LogP contribution in [-0.4, -0.2) is 105 Å². The topological polar surface area (TPSA) is 173 Å². The molecule has 0 amide bonds. The summed E-state index contributed by atoms with van der Waals surface area (Å²) in [4.78, 5) is 0. The van der Waals surface area contributed by atoms with Gasteiger partial charge in [0.05, 0.1) is 19.3 Å². The number of benzene rings is 2. The van der Waals surface area contributed by atoms with E-state index < -0.39 is 74.5 Å². The van der Waals surface area contributed by atoms with Crippen LogP contribution in [0.4, 0.5) is 0 Å². The Hall–Kier alpha value is -2.00. The Balaban J connectivity index is 1.52. The van der Waals surface area contributed by atoms with E-state index in [1.165, 1.54) is 0 Å². The van der Waals surface area contributed by atoms with E-state index in [-0.39, 0.29) is 0 Å². The van der Waals surface area contributed by atoms with E-state index in [0.717, 1.165) is 11.1 Å². The molecule has 2 fully saturated rings. The molecule has 4 rings (SSSR count). The summed E-state index contributed by atoms with van der Waals surface area (Å²) < 4.78 is 17.4. The summed E-state index contributed by atoms with van der Waals surface area (Å²) in [6.45, 7) is -0.275. The van der Waals surface area contributed by atoms with E-state index in [4.69, 9.17) is 14.2 Å². The SMILES string of the molecule is OC[C@H]1O[C@H](O[C@H]2[C@H](O)[C@@H](NCc3ccccc3)[C@H](NCc3ccccc3)O[C@@H]2CO)[C@H](O)[C@@H](O)[C@@H]1O. The molecule has 11 nitrogen and oxygen atoms in total. The van der Waals surface area contributed by atoms with Gasteiger partial charge in [-0.1, -0.05) is 60.7 Å². The molecular weight excluding hydrogens is 484 g/mol. The highest BCUT2D eigenvalue weighted by atomic mass is 16.7. The van der Waals surface area contributed by atoms with Gasteiger partial charge in [-0.05, 0) is 11.1 Å². The van der Waals surface area contributed by atoms with E-state index in [0.29, 0.717) is 13.1 Å². The van der Waals surface area contributed by atoms with Crippen LogP contribution < -0.4 is 10.6 Å². The lowest BCUT2D eigenvalue weighted by atomic mass is 9.94. The maximum absolute atomic E-state index is 11.4. The summed E-state index contributed by atoms with van der Waals surface area (Å²) in [7, 11) is 0. The van der Waals surface area contributed by atoms with E-state index in [1.54, 1.807) is 0 Å². The highest BCUT2D eigenvalue weighted by Gasteiger charge is 2.50. The van der Waals surface area contributed by atoms with Crippen molar-refractivity contribution in [2.24, 2.45) is 0 Å². The van der Waals surface area contributed by atoms with E-state index in [2.05, 4.69) is 10.6 Å². The fourth-order valence-corrected chi connectivity index (χ4v) is 4.65. The van der Waals surface area contributed by atoms with Crippen LogP contribution in [0.15, 0.2) is 60.7 Å². The van der Waals surface area contributed by atoms with Gasteiger partial charge in [-0.15, -0.1) is 0 Å². The quantitative estimate of drug-likeness (QED) is 0.178. The van der Waals surface area contributed by atoms with Crippen LogP contribution in [0, 0.1) is 0 Å². The fourth-order valence-electron chi connectivity index (χ4n) is 4.65. The summed E-state index contributed by atoms with van der Waals surface area (Å²) >= 11 is 0. The molecule has 10 atom stereocenters. The monoisotopic (exact) mass is 520 g/mol. The Bertz CT molecular complexity index is 938. The van der Waals surface area contributed by atoms with Crippen LogP contribution in [0.25, 0.3) is 0 Å². The molecule has 0 radical (unpaired) electrons. The van der Waals surface area contributed by atoms with Gasteiger partial charge >= 0.3 is 0 Å². The van der Waals surface area contributed by atoms with Gasteiger partial charge in [0.1, 0.15) is 49.0 Å². The third-order valence-electron chi connectivity index (χ3n) is 6.77. The first-order valence-electron chi connectivity index (χ1n) is 12.4. The second kappa shape index (κ2) is 13.2. The van der Waals surface area contributed by atoms with Crippen LogP contribution in [0.5, 0.6) is 0 Å². The highest BCUT2D eigenvalue weighted by Crippen LogP contribution is 2.29. The zero-order chi connectivity index (χ0) is 26.4. The van der Waals surface area contributed by atoms with E-state index >= 15 is 0 Å². The average Bonchev–Trinajstić information content (AvgIpc) is 2.93. The van der Waals surface area contributed by atoms with Crippen LogP contribution in [-0.2, 0) is 27.3 Å². The standard InChI is InChI=1S/C26H36N2O9/c29-13-17-20(31)22(33)23(34)26(36-17)37-24-18(14-30)35-25(28-12-16-9-5-2-6-10-16)19(21(24)32)27-11-15-7-3-1-4-8-15/h1-10,17-34H,11-14H2/t17-,18-,19-,20-,21-,22+,23-,24-,25-,26-/m1/s1. The molecule has 2 heterocycles. The van der Waals surface area contributed by atoms with Crippen molar-refractivity contribution in [2.75, 3.05) is 13.2 Å². The minimum atomic E-state index is -1.66. The molecular formula is C26H36N2O9. The van der Waals surface area contributed by atoms with Crippen molar-refractivity contribution in [3.63, 3.8) is 0 Å². The molecule has 2 aromatic carbocycles. The summed E-state index contributed by atoms with van der Waals surface area (Å²) in [6, 6.07) is 18.5. The Morgan fingerprint density at radius 1 is 0.649 bits per heavy atom. The van der Waals surface area contributed by atoms with Gasteiger partial charge in [0, 0.05) is 13.1 Å². The molecule has 37 heavy (non-hydrogen) atoms. The van der Waals surface area contributed by atoms with Crippen molar-refractivity contribution in [3.05, 3.63) is 71.8 Å². The third-order valence-corrected chi connectivity index (χ3v) is 6.77. The molecule has 2 aliphatic heterocycles. The molecule has 2 aromatic rings. The Kier molecular flexibility index (Phi) is 9.98. The molecule has 0 bridgehead atoms. The first-order chi connectivity index (χ1) is 17.9. The average molecular weight is 521 g/mol. The number of aliphatic hydroxyl groups is 6. The number of rotatable bonds is 10. The lowest BCUT2D eigenvalue weighted by Gasteiger charge is -2.47. The van der Waals surface area contributed by atoms with Crippen molar-refractivity contribution in [1.82, 2.24) is 10.6 Å². The number of aliphatic hydroxyl groups excluding tert-OH is 6. The fraction of sp³-hybridized carbons (Fsp3) is 0.538. The molecule has 0 unspecified atom stereocenters. The molecule has 2 aliphatic rings. The highest BCUT2D eigenvalue weighted by molar-refractivity contribution is 5.16. The molecule has 0 saturated carbocycles. The molecule has 0 aromatic heterocycles. The minimum Gasteiger partial charge on any atom is -0.394 e. The second-order valence-electron chi connectivity index (χ2n) is 9.33. The maximum atomic E-state index is 11.4. The van der Waals surface area contributed by atoms with Gasteiger partial charge in [0.25, 0.3) is 0 Å². The van der Waals surface area contributed by atoms with Crippen molar-refractivity contribution in [1.29, 1.82) is 0 Å². The smallest absolute Gasteiger partial charge is 0.187 e. The van der Waals surface area contributed by atoms with Crippen LogP contribution in [0.3, 0.4) is 0 Å². The van der Waals surface area contributed by atoms with Crippen molar-refractivity contribution < 1.29 is 44.8 Å². The molecule has 0 aliphatic carbocycles. The largest absolute Gasteiger partial charge is 0.394 e. The van der Waals surface area contributed by atoms with Crippen LogP contribution in [0.1, 0.15) is 11.1 Å². The number of nitrogens with one attached hydrogen (secondary N) is 2. The van der Waals surface area contributed by atoms with Crippen molar-refractivity contribution >= 4 is 0 Å². The Morgan fingerprint density at radius 2 is 1.22 bits per heavy atom. The van der Waals surface area contributed by atoms with Crippen molar-refractivity contribution in [3.8, 4) is 0 Å². The van der Waals surface area contributed by atoms with Gasteiger partial charge in [-0.2, -0.15) is 0 Å². The van der Waals surface area contributed by atoms with Gasteiger partial charge in [0.15, 0.2) is 6.29 Å². The number of ether oxygens (including phenoxy) is 3. The first kappa shape index (κ1) is 28.0. The zero-order valence-electron chi connectivity index (χ0n) is 20.3. The van der Waals surface area contributed by atoms with E-state index in [9.17, 15) is 30.6 Å². The number of hydrogen-bond acceptors (Lipinski definition) is 11. The number of hydrogen-bond donors (Lipinski definition) is 8. The van der Waals surface area contributed by atoms with Gasteiger partial charge < -0.3 is 50.2 Å². The second-order valence-corrected chi connectivity index (χ2v) is 9.33. The van der Waals surface area contributed by atoms with E-state index in [1.807, 2.05) is 60.7 Å². The lowest BCUT2D eigenvalue weighted by Crippen LogP contribution is -2.69. The predicted octanol–water partition coefficient (Wildman–Crippen LogP) is -1.80. The first-order valence-corrected chi connectivity index (χ1v) is 12.4. The summed E-state index contributed by atoms with van der Waals surface area (Å²) in [5, 5.41) is 68.2. The van der Waals surface area contributed by atoms with Crippen molar-refractivity contribution in [2.45, 2.75) is 74.4 Å². The summed E-state index contributed by atoms with van der Waals surface area (Å²) in [5.74, 6) is 0. The summed E-state index contributed by atoms with van der Waals surface area (Å²) in [6.07, 6.45) is -11.7. The van der Waals surface area contributed by atoms with Gasteiger partial charge in [-0.25, -0.2) is 0 Å². The Labute approximate surface area is 215 Å². The lowest BCUT2D eigenvalue weighted by molar-refractivity contribution is -0.337. The van der Waals surface area contributed by atoms with Gasteiger partial charge in [0.2, 0.25) is 0 Å². The maximum Gasteiger partial charge on any atom is 0.187 e. The molecule has 204 valence electrons. The normalized spacial score (nSPS) is 36.4.